The zero-order valence-corrected chi connectivity index (χ0v) is 25.4. The summed E-state index contributed by atoms with van der Waals surface area (Å²) in [6, 6.07) is -0.618. The van der Waals surface area contributed by atoms with Crippen molar-refractivity contribution in [3.8, 4) is 0 Å². The van der Waals surface area contributed by atoms with E-state index in [-0.39, 0.29) is 12.5 Å². The highest BCUT2D eigenvalue weighted by Gasteiger charge is 2.17. The van der Waals surface area contributed by atoms with Gasteiger partial charge in [-0.3, -0.25) is 4.79 Å². The fourth-order valence-corrected chi connectivity index (χ4v) is 4.82. The molecule has 38 heavy (non-hydrogen) atoms. The Morgan fingerprint density at radius 2 is 1.00 bits per heavy atom. The van der Waals surface area contributed by atoms with E-state index < -0.39 is 12.1 Å². The zero-order chi connectivity index (χ0) is 27.9. The van der Waals surface area contributed by atoms with Crippen molar-refractivity contribution in [1.29, 1.82) is 0 Å². The van der Waals surface area contributed by atoms with Gasteiger partial charge in [0.15, 0.2) is 0 Å². The summed E-state index contributed by atoms with van der Waals surface area (Å²) in [5.41, 5.74) is 0. The molecule has 0 aliphatic carbocycles. The molecule has 224 valence electrons. The molecule has 2 atom stereocenters. The highest BCUT2D eigenvalue weighted by molar-refractivity contribution is 5.76. The van der Waals surface area contributed by atoms with Crippen molar-refractivity contribution in [3.05, 3.63) is 24.3 Å². The number of nitrogens with one attached hydrogen (secondary N) is 1. The second-order valence-electron chi connectivity index (χ2n) is 11.2. The molecule has 0 aliphatic rings. The summed E-state index contributed by atoms with van der Waals surface area (Å²) in [7, 11) is 0. The molecular formula is C34H65NO3. The molecule has 0 fully saturated rings. The van der Waals surface area contributed by atoms with Gasteiger partial charge in [0, 0.05) is 6.42 Å². The summed E-state index contributed by atoms with van der Waals surface area (Å²) >= 11 is 0. The van der Waals surface area contributed by atoms with E-state index in [4.69, 9.17) is 0 Å². The predicted octanol–water partition coefficient (Wildman–Crippen LogP) is 9.34. The minimum absolute atomic E-state index is 0.0734. The molecule has 0 radical (unpaired) electrons. The van der Waals surface area contributed by atoms with Crippen molar-refractivity contribution in [2.45, 2.75) is 180 Å². The third kappa shape index (κ3) is 26.5. The molecule has 0 rings (SSSR count). The molecule has 4 heteroatoms. The Morgan fingerprint density at radius 3 is 1.45 bits per heavy atom. The van der Waals surface area contributed by atoms with Crippen LogP contribution >= 0.6 is 0 Å². The van der Waals surface area contributed by atoms with Crippen LogP contribution in [0.2, 0.25) is 0 Å². The summed E-state index contributed by atoms with van der Waals surface area (Å²) in [5, 5.41) is 22.7. The molecule has 3 N–H and O–H groups in total. The molecule has 0 saturated carbocycles. The van der Waals surface area contributed by atoms with Gasteiger partial charge in [0.2, 0.25) is 5.91 Å². The van der Waals surface area contributed by atoms with Crippen LogP contribution < -0.4 is 5.32 Å². The van der Waals surface area contributed by atoms with Gasteiger partial charge in [-0.25, -0.2) is 0 Å². The molecule has 0 bridgehead atoms. The third-order valence-corrected chi connectivity index (χ3v) is 7.43. The van der Waals surface area contributed by atoms with Crippen molar-refractivity contribution >= 4 is 5.91 Å². The van der Waals surface area contributed by atoms with E-state index in [1.54, 1.807) is 6.08 Å². The van der Waals surface area contributed by atoms with Crippen molar-refractivity contribution in [1.82, 2.24) is 5.32 Å². The number of amides is 1. The summed E-state index contributed by atoms with van der Waals surface area (Å²) in [6.07, 6.45) is 36.9. The molecular weight excluding hydrogens is 470 g/mol. The first kappa shape index (κ1) is 36.9. The number of rotatable bonds is 29. The Kier molecular flexibility index (Phi) is 29.5. The first-order valence-electron chi connectivity index (χ1n) is 16.6. The first-order valence-corrected chi connectivity index (χ1v) is 16.6. The zero-order valence-electron chi connectivity index (χ0n) is 25.4. The highest BCUT2D eigenvalue weighted by atomic mass is 16.3. The fourth-order valence-electron chi connectivity index (χ4n) is 4.82. The Balaban J connectivity index is 3.60. The number of hydrogen-bond acceptors (Lipinski definition) is 3. The van der Waals surface area contributed by atoms with Crippen LogP contribution in [-0.4, -0.2) is 34.9 Å². The topological polar surface area (TPSA) is 69.6 Å². The maximum atomic E-state index is 12.2. The van der Waals surface area contributed by atoms with Gasteiger partial charge in [0.05, 0.1) is 18.8 Å². The normalized spacial score (nSPS) is 13.5. The Hall–Kier alpha value is -1.13. The van der Waals surface area contributed by atoms with Crippen molar-refractivity contribution in [2.24, 2.45) is 0 Å². The van der Waals surface area contributed by atoms with Gasteiger partial charge in [0.25, 0.3) is 0 Å². The lowest BCUT2D eigenvalue weighted by Gasteiger charge is -2.20. The molecule has 2 unspecified atom stereocenters. The Morgan fingerprint density at radius 1 is 0.605 bits per heavy atom. The average molecular weight is 536 g/mol. The van der Waals surface area contributed by atoms with Crippen LogP contribution in [0.4, 0.5) is 0 Å². The van der Waals surface area contributed by atoms with Crippen LogP contribution in [0.1, 0.15) is 168 Å². The van der Waals surface area contributed by atoms with Crippen LogP contribution in [-0.2, 0) is 4.79 Å². The summed E-state index contributed by atoms with van der Waals surface area (Å²) in [6.45, 7) is 4.25. The van der Waals surface area contributed by atoms with E-state index in [1.165, 1.54) is 122 Å². The Bertz CT molecular complexity index is 546. The summed E-state index contributed by atoms with van der Waals surface area (Å²) in [4.78, 5) is 12.2. The monoisotopic (exact) mass is 535 g/mol. The van der Waals surface area contributed by atoms with Gasteiger partial charge < -0.3 is 15.5 Å². The first-order chi connectivity index (χ1) is 18.7. The Labute approximate surface area is 237 Å². The lowest BCUT2D eigenvalue weighted by atomic mass is 10.1. The lowest BCUT2D eigenvalue weighted by molar-refractivity contribution is -0.123. The molecule has 0 heterocycles. The lowest BCUT2D eigenvalue weighted by Crippen LogP contribution is -2.45. The molecule has 0 aromatic carbocycles. The van der Waals surface area contributed by atoms with Gasteiger partial charge in [-0.2, -0.15) is 0 Å². The molecule has 0 aromatic heterocycles. The number of unbranched alkanes of at least 4 members (excludes halogenated alkanes) is 20. The van der Waals surface area contributed by atoms with Crippen LogP contribution in [0.15, 0.2) is 24.3 Å². The maximum absolute atomic E-state index is 12.2. The average Bonchev–Trinajstić information content (AvgIpc) is 2.92. The van der Waals surface area contributed by atoms with E-state index >= 15 is 0 Å². The third-order valence-electron chi connectivity index (χ3n) is 7.43. The second-order valence-corrected chi connectivity index (χ2v) is 11.2. The molecule has 1 amide bonds. The predicted molar refractivity (Wildman–Crippen MR) is 165 cm³/mol. The van der Waals surface area contributed by atoms with Crippen LogP contribution in [0, 0.1) is 0 Å². The largest absolute Gasteiger partial charge is 0.394 e. The minimum Gasteiger partial charge on any atom is -0.394 e. The van der Waals surface area contributed by atoms with Crippen LogP contribution in [0.5, 0.6) is 0 Å². The van der Waals surface area contributed by atoms with Crippen molar-refractivity contribution < 1.29 is 15.0 Å². The minimum atomic E-state index is -0.834. The standard InChI is InChI=1S/C34H65NO3/c1-3-5-7-9-11-13-14-15-16-17-18-19-20-21-22-24-26-28-30-34(38)35-32(31-36)33(37)29-27-25-23-12-10-8-6-4-2/h16-17,27,29,32-33,36-37H,3-15,18-26,28,30-31H2,1-2H3,(H,35,38)/b17-16-,29-27+. The SMILES string of the molecule is CCCCCCCC/C=C/C(O)C(CO)NC(=O)CCCCCCCCC/C=C\CCCCCCCCC. The van der Waals surface area contributed by atoms with E-state index in [9.17, 15) is 15.0 Å². The van der Waals surface area contributed by atoms with E-state index in [1.807, 2.05) is 6.08 Å². The number of allylic oxidation sites excluding steroid dienone is 3. The van der Waals surface area contributed by atoms with E-state index in [0.29, 0.717) is 6.42 Å². The molecule has 0 aliphatic heterocycles. The number of carbonyl (C=O) groups excluding carboxylic acids is 1. The highest BCUT2D eigenvalue weighted by Crippen LogP contribution is 2.12. The molecule has 0 aromatic rings. The molecule has 0 saturated heterocycles. The summed E-state index contributed by atoms with van der Waals surface area (Å²) < 4.78 is 0. The van der Waals surface area contributed by atoms with Gasteiger partial charge in [-0.1, -0.05) is 141 Å². The van der Waals surface area contributed by atoms with Crippen molar-refractivity contribution in [2.75, 3.05) is 6.61 Å². The fraction of sp³-hybridized carbons (Fsp3) is 0.853. The quantitative estimate of drug-likeness (QED) is 0.0660. The van der Waals surface area contributed by atoms with Gasteiger partial charge >= 0.3 is 0 Å². The second kappa shape index (κ2) is 30.4. The van der Waals surface area contributed by atoms with Gasteiger partial charge in [0.1, 0.15) is 0 Å². The smallest absolute Gasteiger partial charge is 0.220 e. The molecule has 0 spiro atoms. The number of carbonyl (C=O) groups is 1. The molecule has 4 nitrogen and oxygen atoms in total. The van der Waals surface area contributed by atoms with Crippen LogP contribution in [0.3, 0.4) is 0 Å². The maximum Gasteiger partial charge on any atom is 0.220 e. The van der Waals surface area contributed by atoms with E-state index in [2.05, 4.69) is 31.3 Å². The van der Waals surface area contributed by atoms with Crippen LogP contribution in [0.25, 0.3) is 0 Å². The van der Waals surface area contributed by atoms with Crippen molar-refractivity contribution in [3.63, 3.8) is 0 Å². The van der Waals surface area contributed by atoms with E-state index in [0.717, 1.165) is 25.7 Å². The number of aliphatic hydroxyl groups is 2. The van der Waals surface area contributed by atoms with Gasteiger partial charge in [-0.05, 0) is 44.9 Å². The number of hydrogen-bond donors (Lipinski definition) is 3. The number of aliphatic hydroxyl groups excluding tert-OH is 2. The van der Waals surface area contributed by atoms with Gasteiger partial charge in [-0.15, -0.1) is 0 Å². The summed E-state index contributed by atoms with van der Waals surface area (Å²) in [5.74, 6) is -0.0734.